The molecule has 0 aliphatic carbocycles. The molecule has 0 heterocycles. The standard InChI is InChI=1S/C13H19NO/c1-5-13(2,3)14(4)12-9-7-6-8-11(12)10-15/h6-10H,5H2,1-4H3. The van der Waals surface area contributed by atoms with Crippen molar-refractivity contribution in [1.82, 2.24) is 0 Å². The molecule has 0 spiro atoms. The van der Waals surface area contributed by atoms with Crippen LogP contribution >= 0.6 is 0 Å². The minimum absolute atomic E-state index is 0.0686. The molecule has 0 atom stereocenters. The lowest BCUT2D eigenvalue weighted by Gasteiger charge is -2.37. The summed E-state index contributed by atoms with van der Waals surface area (Å²) < 4.78 is 0. The summed E-state index contributed by atoms with van der Waals surface area (Å²) in [5.74, 6) is 0. The molecule has 15 heavy (non-hydrogen) atoms. The summed E-state index contributed by atoms with van der Waals surface area (Å²) in [6.45, 7) is 6.50. The zero-order chi connectivity index (χ0) is 11.5. The van der Waals surface area contributed by atoms with E-state index in [9.17, 15) is 4.79 Å². The van der Waals surface area contributed by atoms with Crippen molar-refractivity contribution < 1.29 is 4.79 Å². The Bertz CT molecular complexity index is 344. The molecule has 0 aliphatic heterocycles. The SMILES string of the molecule is CCC(C)(C)N(C)c1ccccc1C=O. The van der Waals surface area contributed by atoms with Gasteiger partial charge in [-0.25, -0.2) is 0 Å². The first kappa shape index (κ1) is 11.8. The molecule has 2 nitrogen and oxygen atoms in total. The number of rotatable bonds is 4. The first-order valence-corrected chi connectivity index (χ1v) is 5.31. The van der Waals surface area contributed by atoms with Crippen LogP contribution < -0.4 is 4.90 Å². The number of aldehydes is 1. The molecular weight excluding hydrogens is 186 g/mol. The fourth-order valence-electron chi connectivity index (χ4n) is 1.46. The van der Waals surface area contributed by atoms with Crippen LogP contribution in [0.4, 0.5) is 5.69 Å². The number of hydrogen-bond acceptors (Lipinski definition) is 2. The zero-order valence-electron chi connectivity index (χ0n) is 9.95. The molecule has 1 aromatic rings. The Kier molecular flexibility index (Phi) is 3.51. The van der Waals surface area contributed by atoms with E-state index >= 15 is 0 Å². The summed E-state index contributed by atoms with van der Waals surface area (Å²) >= 11 is 0. The van der Waals surface area contributed by atoms with Crippen LogP contribution in [-0.2, 0) is 0 Å². The number of anilines is 1. The van der Waals surface area contributed by atoms with Crippen molar-refractivity contribution >= 4 is 12.0 Å². The topological polar surface area (TPSA) is 20.3 Å². The summed E-state index contributed by atoms with van der Waals surface area (Å²) in [6.07, 6.45) is 1.95. The highest BCUT2D eigenvalue weighted by atomic mass is 16.1. The minimum atomic E-state index is 0.0686. The lowest BCUT2D eigenvalue weighted by atomic mass is 9.98. The number of carbonyl (C=O) groups is 1. The van der Waals surface area contributed by atoms with E-state index in [1.54, 1.807) is 0 Å². The van der Waals surface area contributed by atoms with Crippen LogP contribution in [0.3, 0.4) is 0 Å². The molecule has 82 valence electrons. The van der Waals surface area contributed by atoms with Gasteiger partial charge in [-0.1, -0.05) is 19.1 Å². The van der Waals surface area contributed by atoms with Crippen molar-refractivity contribution in [3.63, 3.8) is 0 Å². The van der Waals surface area contributed by atoms with Crippen molar-refractivity contribution in [2.24, 2.45) is 0 Å². The van der Waals surface area contributed by atoms with Gasteiger partial charge >= 0.3 is 0 Å². The first-order valence-electron chi connectivity index (χ1n) is 5.31. The maximum absolute atomic E-state index is 10.9. The van der Waals surface area contributed by atoms with Gasteiger partial charge in [0.05, 0.1) is 0 Å². The van der Waals surface area contributed by atoms with Crippen LogP contribution in [0.25, 0.3) is 0 Å². The molecular formula is C13H19NO. The summed E-state index contributed by atoms with van der Waals surface area (Å²) in [5.41, 5.74) is 1.82. The van der Waals surface area contributed by atoms with Gasteiger partial charge in [0.1, 0.15) is 0 Å². The van der Waals surface area contributed by atoms with Gasteiger partial charge in [0, 0.05) is 23.8 Å². The van der Waals surface area contributed by atoms with Crippen LogP contribution in [0.2, 0.25) is 0 Å². The highest BCUT2D eigenvalue weighted by molar-refractivity contribution is 5.84. The maximum Gasteiger partial charge on any atom is 0.152 e. The van der Waals surface area contributed by atoms with Crippen LogP contribution in [-0.4, -0.2) is 18.9 Å². The number of hydrogen-bond donors (Lipinski definition) is 0. The van der Waals surface area contributed by atoms with E-state index in [-0.39, 0.29) is 5.54 Å². The Labute approximate surface area is 91.9 Å². The van der Waals surface area contributed by atoms with Crippen molar-refractivity contribution in [3.05, 3.63) is 29.8 Å². The van der Waals surface area contributed by atoms with Gasteiger partial charge in [-0.2, -0.15) is 0 Å². The van der Waals surface area contributed by atoms with Gasteiger partial charge < -0.3 is 4.90 Å². The molecule has 0 amide bonds. The van der Waals surface area contributed by atoms with Crippen LogP contribution in [0.1, 0.15) is 37.6 Å². The number of carbonyl (C=O) groups excluding carboxylic acids is 1. The number of para-hydroxylation sites is 1. The Morgan fingerprint density at radius 3 is 2.47 bits per heavy atom. The van der Waals surface area contributed by atoms with Gasteiger partial charge in [-0.05, 0) is 32.4 Å². The Morgan fingerprint density at radius 2 is 1.93 bits per heavy atom. The first-order chi connectivity index (χ1) is 7.03. The Hall–Kier alpha value is -1.31. The third kappa shape index (κ3) is 2.38. The fourth-order valence-corrected chi connectivity index (χ4v) is 1.46. The van der Waals surface area contributed by atoms with Crippen LogP contribution in [0.15, 0.2) is 24.3 Å². The summed E-state index contributed by atoms with van der Waals surface area (Å²) in [7, 11) is 2.03. The lowest BCUT2D eigenvalue weighted by molar-refractivity contribution is 0.112. The average Bonchev–Trinajstić information content (AvgIpc) is 2.28. The molecule has 0 bridgehead atoms. The molecule has 0 saturated heterocycles. The Balaban J connectivity index is 3.10. The quantitative estimate of drug-likeness (QED) is 0.704. The van der Waals surface area contributed by atoms with Crippen molar-refractivity contribution in [1.29, 1.82) is 0 Å². The largest absolute Gasteiger partial charge is 0.369 e. The van der Waals surface area contributed by atoms with Crippen molar-refractivity contribution in [2.75, 3.05) is 11.9 Å². The number of nitrogens with zero attached hydrogens (tertiary/aromatic N) is 1. The van der Waals surface area contributed by atoms with E-state index in [4.69, 9.17) is 0 Å². The van der Waals surface area contributed by atoms with Gasteiger partial charge in [0.25, 0.3) is 0 Å². The van der Waals surface area contributed by atoms with E-state index in [0.29, 0.717) is 0 Å². The molecule has 0 unspecified atom stereocenters. The zero-order valence-corrected chi connectivity index (χ0v) is 9.95. The average molecular weight is 205 g/mol. The summed E-state index contributed by atoms with van der Waals surface area (Å²) in [6, 6.07) is 7.69. The molecule has 0 fully saturated rings. The normalized spacial score (nSPS) is 11.2. The third-order valence-corrected chi connectivity index (χ3v) is 3.20. The number of benzene rings is 1. The van der Waals surface area contributed by atoms with Gasteiger partial charge in [-0.3, -0.25) is 4.79 Å². The molecule has 0 saturated carbocycles. The van der Waals surface area contributed by atoms with Crippen molar-refractivity contribution in [2.45, 2.75) is 32.7 Å². The van der Waals surface area contributed by atoms with Gasteiger partial charge in [0.2, 0.25) is 0 Å². The highest BCUT2D eigenvalue weighted by Crippen LogP contribution is 2.26. The van der Waals surface area contributed by atoms with Crippen LogP contribution in [0, 0.1) is 0 Å². The minimum Gasteiger partial charge on any atom is -0.369 e. The van der Waals surface area contributed by atoms with E-state index in [2.05, 4.69) is 25.7 Å². The van der Waals surface area contributed by atoms with Gasteiger partial charge in [0.15, 0.2) is 6.29 Å². The maximum atomic E-state index is 10.9. The molecule has 0 aliphatic rings. The lowest BCUT2D eigenvalue weighted by Crippen LogP contribution is -2.41. The smallest absolute Gasteiger partial charge is 0.152 e. The monoisotopic (exact) mass is 205 g/mol. The third-order valence-electron chi connectivity index (χ3n) is 3.20. The molecule has 2 heteroatoms. The second-order valence-electron chi connectivity index (χ2n) is 4.40. The predicted octanol–water partition coefficient (Wildman–Crippen LogP) is 3.12. The molecule has 0 aromatic heterocycles. The molecule has 0 radical (unpaired) electrons. The Morgan fingerprint density at radius 1 is 1.33 bits per heavy atom. The van der Waals surface area contributed by atoms with E-state index < -0.39 is 0 Å². The molecule has 0 N–H and O–H groups in total. The molecule has 1 rings (SSSR count). The van der Waals surface area contributed by atoms with Gasteiger partial charge in [-0.15, -0.1) is 0 Å². The highest BCUT2D eigenvalue weighted by Gasteiger charge is 2.22. The fraction of sp³-hybridized carbons (Fsp3) is 0.462. The predicted molar refractivity (Wildman–Crippen MR) is 64.6 cm³/mol. The van der Waals surface area contributed by atoms with E-state index in [0.717, 1.165) is 24.0 Å². The van der Waals surface area contributed by atoms with E-state index in [1.165, 1.54) is 0 Å². The molecule has 1 aromatic carbocycles. The second kappa shape index (κ2) is 4.47. The van der Waals surface area contributed by atoms with Crippen LogP contribution in [0.5, 0.6) is 0 Å². The summed E-state index contributed by atoms with van der Waals surface area (Å²) in [5, 5.41) is 0. The van der Waals surface area contributed by atoms with Crippen molar-refractivity contribution in [3.8, 4) is 0 Å². The summed E-state index contributed by atoms with van der Waals surface area (Å²) in [4.78, 5) is 13.1. The second-order valence-corrected chi connectivity index (χ2v) is 4.40. The van der Waals surface area contributed by atoms with E-state index in [1.807, 2.05) is 31.3 Å².